The van der Waals surface area contributed by atoms with Crippen LogP contribution in [-0.4, -0.2) is 57.5 Å². The fourth-order valence-corrected chi connectivity index (χ4v) is 8.16. The van der Waals surface area contributed by atoms with Crippen LogP contribution in [0.25, 0.3) is 32.8 Å². The van der Waals surface area contributed by atoms with Crippen LogP contribution in [0.4, 0.5) is 0 Å². The lowest BCUT2D eigenvalue weighted by Gasteiger charge is -2.49. The molecule has 3 aliphatic rings. The first-order valence-electron chi connectivity index (χ1n) is 16.3. The van der Waals surface area contributed by atoms with E-state index >= 15 is 0 Å². The highest BCUT2D eigenvalue weighted by Crippen LogP contribution is 2.56. The lowest BCUT2D eigenvalue weighted by molar-refractivity contribution is -0.0115. The zero-order chi connectivity index (χ0) is 30.0. The Balaban J connectivity index is 1.16. The molecule has 0 radical (unpaired) electrons. The van der Waals surface area contributed by atoms with Gasteiger partial charge in [0.2, 0.25) is 0 Å². The fourth-order valence-electron chi connectivity index (χ4n) is 8.16. The maximum Gasteiger partial charge on any atom is 0.254 e. The molecule has 1 aliphatic carbocycles. The Kier molecular flexibility index (Phi) is 6.60. The molecule has 0 bridgehead atoms. The normalized spacial score (nSPS) is 23.3. The van der Waals surface area contributed by atoms with Crippen LogP contribution in [-0.2, 0) is 6.54 Å². The van der Waals surface area contributed by atoms with Gasteiger partial charge in [0.15, 0.2) is 0 Å². The quantitative estimate of drug-likeness (QED) is 0.162. The van der Waals surface area contributed by atoms with Crippen molar-refractivity contribution in [1.82, 2.24) is 19.8 Å². The molecular formula is C38H40N4O2. The highest BCUT2D eigenvalue weighted by molar-refractivity contribution is 6.11. The Bertz CT molecular complexity index is 1890. The van der Waals surface area contributed by atoms with E-state index in [0.29, 0.717) is 23.3 Å². The molecule has 0 N–H and O–H groups in total. The summed E-state index contributed by atoms with van der Waals surface area (Å²) in [4.78, 5) is 28.6. The van der Waals surface area contributed by atoms with Gasteiger partial charge in [-0.05, 0) is 62.3 Å². The Morgan fingerprint density at radius 1 is 0.864 bits per heavy atom. The number of amides is 1. The van der Waals surface area contributed by atoms with Crippen molar-refractivity contribution in [2.45, 2.75) is 58.1 Å². The molecule has 3 atom stereocenters. The first kappa shape index (κ1) is 27.5. The van der Waals surface area contributed by atoms with Gasteiger partial charge in [0.25, 0.3) is 5.91 Å². The molecule has 44 heavy (non-hydrogen) atoms. The SMILES string of the molecule is CC1CCC2[C@H](C1)c1c(c3ccccc3c3nc4cc(C(=O)N5CCN(Cc6ccccc6)CC5)ccc4nc13)OC2(C)C. The van der Waals surface area contributed by atoms with E-state index in [9.17, 15) is 4.79 Å². The second-order valence-corrected chi connectivity index (χ2v) is 13.8. The molecule has 8 rings (SSSR count). The third kappa shape index (κ3) is 4.62. The van der Waals surface area contributed by atoms with Crippen LogP contribution >= 0.6 is 0 Å². The molecule has 2 aliphatic heterocycles. The number of piperazine rings is 1. The molecule has 6 heteroatoms. The van der Waals surface area contributed by atoms with Crippen LogP contribution < -0.4 is 4.74 Å². The molecule has 6 nitrogen and oxygen atoms in total. The molecule has 0 spiro atoms. The summed E-state index contributed by atoms with van der Waals surface area (Å²) in [5.74, 6) is 2.55. The molecule has 1 saturated heterocycles. The number of hydrogen-bond acceptors (Lipinski definition) is 5. The molecule has 1 aromatic heterocycles. The maximum atomic E-state index is 13.7. The van der Waals surface area contributed by atoms with Gasteiger partial charge in [-0.1, -0.05) is 67.9 Å². The van der Waals surface area contributed by atoms with Crippen molar-refractivity contribution in [3.8, 4) is 5.75 Å². The smallest absolute Gasteiger partial charge is 0.254 e. The van der Waals surface area contributed by atoms with Crippen molar-refractivity contribution in [3.63, 3.8) is 0 Å². The van der Waals surface area contributed by atoms with Crippen LogP contribution in [0.15, 0.2) is 72.8 Å². The molecule has 3 heterocycles. The van der Waals surface area contributed by atoms with E-state index in [4.69, 9.17) is 14.7 Å². The predicted octanol–water partition coefficient (Wildman–Crippen LogP) is 7.59. The molecule has 5 aromatic rings. The fraction of sp³-hybridized carbons (Fsp3) is 0.395. The van der Waals surface area contributed by atoms with Gasteiger partial charge in [-0.2, -0.15) is 0 Å². The first-order valence-corrected chi connectivity index (χ1v) is 16.3. The maximum absolute atomic E-state index is 13.7. The number of aromatic nitrogens is 2. The number of carbonyl (C=O) groups is 1. The topological polar surface area (TPSA) is 58.6 Å². The molecule has 1 amide bonds. The Hall–Kier alpha value is -4.03. The van der Waals surface area contributed by atoms with Crippen molar-refractivity contribution >= 4 is 38.7 Å². The number of ether oxygens (including phenoxy) is 1. The number of nitrogens with zero attached hydrogens (tertiary/aromatic N) is 4. The van der Waals surface area contributed by atoms with E-state index in [0.717, 1.165) is 77.7 Å². The van der Waals surface area contributed by atoms with E-state index in [1.165, 1.54) is 24.0 Å². The standard InChI is InChI=1S/C38H40N4O2/c1-24-13-15-30-29(21-24)33-35-34(27-11-7-8-12-28(27)36(33)44-38(30,2)3)40-32-22-26(14-16-31(32)39-35)37(43)42-19-17-41(18-20-42)23-25-9-5-4-6-10-25/h4-12,14,16,22,24,29-30H,13,15,17-21,23H2,1-3H3/t24?,29-,30?/m0/s1. The van der Waals surface area contributed by atoms with Crippen molar-refractivity contribution in [3.05, 3.63) is 89.5 Å². The lowest BCUT2D eigenvalue weighted by atomic mass is 9.64. The van der Waals surface area contributed by atoms with Gasteiger partial charge in [-0.15, -0.1) is 0 Å². The lowest BCUT2D eigenvalue weighted by Crippen LogP contribution is -2.48. The molecule has 224 valence electrons. The number of hydrogen-bond donors (Lipinski definition) is 0. The Labute approximate surface area is 259 Å². The van der Waals surface area contributed by atoms with E-state index in [-0.39, 0.29) is 11.5 Å². The van der Waals surface area contributed by atoms with E-state index < -0.39 is 0 Å². The van der Waals surface area contributed by atoms with Gasteiger partial charge in [0.05, 0.1) is 22.1 Å². The Morgan fingerprint density at radius 2 is 1.59 bits per heavy atom. The van der Waals surface area contributed by atoms with Crippen LogP contribution in [0.2, 0.25) is 0 Å². The largest absolute Gasteiger partial charge is 0.487 e. The number of carbonyl (C=O) groups excluding carboxylic acids is 1. The van der Waals surface area contributed by atoms with E-state index in [1.807, 2.05) is 23.1 Å². The molecule has 4 aromatic carbocycles. The van der Waals surface area contributed by atoms with Crippen molar-refractivity contribution in [2.75, 3.05) is 26.2 Å². The van der Waals surface area contributed by atoms with Crippen molar-refractivity contribution < 1.29 is 9.53 Å². The minimum absolute atomic E-state index is 0.0677. The third-order valence-corrected chi connectivity index (χ3v) is 10.5. The summed E-state index contributed by atoms with van der Waals surface area (Å²) in [6.07, 6.45) is 3.55. The van der Waals surface area contributed by atoms with Crippen molar-refractivity contribution in [2.24, 2.45) is 11.8 Å². The average Bonchev–Trinajstić information content (AvgIpc) is 3.04. The summed E-state index contributed by atoms with van der Waals surface area (Å²) in [6, 6.07) is 24.9. The van der Waals surface area contributed by atoms with Gasteiger partial charge >= 0.3 is 0 Å². The van der Waals surface area contributed by atoms with Gasteiger partial charge < -0.3 is 9.64 Å². The van der Waals surface area contributed by atoms with Crippen LogP contribution in [0.5, 0.6) is 5.75 Å². The summed E-state index contributed by atoms with van der Waals surface area (Å²) in [7, 11) is 0. The molecule has 2 unspecified atom stereocenters. The Morgan fingerprint density at radius 3 is 2.39 bits per heavy atom. The highest BCUT2D eigenvalue weighted by atomic mass is 16.5. The number of fused-ring (bicyclic) bond motifs is 9. The summed E-state index contributed by atoms with van der Waals surface area (Å²) < 4.78 is 6.89. The minimum Gasteiger partial charge on any atom is -0.487 e. The van der Waals surface area contributed by atoms with Crippen LogP contribution in [0.3, 0.4) is 0 Å². The van der Waals surface area contributed by atoms with E-state index in [1.54, 1.807) is 0 Å². The van der Waals surface area contributed by atoms with Gasteiger partial charge in [-0.25, -0.2) is 9.97 Å². The monoisotopic (exact) mass is 584 g/mol. The van der Waals surface area contributed by atoms with Gasteiger partial charge in [0.1, 0.15) is 11.4 Å². The van der Waals surface area contributed by atoms with Gasteiger partial charge in [0, 0.05) is 60.5 Å². The minimum atomic E-state index is -0.235. The highest BCUT2D eigenvalue weighted by Gasteiger charge is 2.47. The number of benzene rings is 4. The summed E-state index contributed by atoms with van der Waals surface area (Å²) in [5.41, 5.74) is 6.44. The molecule has 2 fully saturated rings. The zero-order valence-corrected chi connectivity index (χ0v) is 25.9. The van der Waals surface area contributed by atoms with Crippen LogP contribution in [0, 0.1) is 11.8 Å². The predicted molar refractivity (Wildman–Crippen MR) is 176 cm³/mol. The summed E-state index contributed by atoms with van der Waals surface area (Å²) in [5, 5.41) is 2.16. The van der Waals surface area contributed by atoms with Crippen LogP contribution in [0.1, 0.15) is 67.4 Å². The molecule has 1 saturated carbocycles. The second-order valence-electron chi connectivity index (χ2n) is 13.8. The van der Waals surface area contributed by atoms with Crippen molar-refractivity contribution in [1.29, 1.82) is 0 Å². The summed E-state index contributed by atoms with van der Waals surface area (Å²) in [6.45, 7) is 11.0. The number of rotatable bonds is 3. The van der Waals surface area contributed by atoms with Gasteiger partial charge in [-0.3, -0.25) is 9.69 Å². The average molecular weight is 585 g/mol. The first-order chi connectivity index (χ1) is 21.4. The second kappa shape index (κ2) is 10.6. The third-order valence-electron chi connectivity index (χ3n) is 10.5. The molecular weight excluding hydrogens is 544 g/mol. The van der Waals surface area contributed by atoms with E-state index in [2.05, 4.69) is 80.3 Å². The summed E-state index contributed by atoms with van der Waals surface area (Å²) >= 11 is 0. The zero-order valence-electron chi connectivity index (χ0n) is 25.9.